The summed E-state index contributed by atoms with van der Waals surface area (Å²) in [6.07, 6.45) is 2.95. The molecule has 1 aromatic rings. The van der Waals surface area contributed by atoms with Crippen LogP contribution in [0.1, 0.15) is 26.7 Å². The molecule has 0 radical (unpaired) electrons. The maximum atomic E-state index is 9.96. The Balaban J connectivity index is 2.64. The maximum Gasteiger partial charge on any atom is 0.150 e. The predicted molar refractivity (Wildman–Crippen MR) is 65.5 cm³/mol. The summed E-state index contributed by atoms with van der Waals surface area (Å²) in [6.45, 7) is 4.16. The molecular weight excluding hydrogens is 228 g/mol. The van der Waals surface area contributed by atoms with E-state index in [0.717, 1.165) is 6.42 Å². The summed E-state index contributed by atoms with van der Waals surface area (Å²) >= 11 is 5.91. The number of aliphatic hydroxyl groups is 1. The summed E-state index contributed by atoms with van der Waals surface area (Å²) in [5, 5.41) is 13.2. The van der Waals surface area contributed by atoms with Crippen molar-refractivity contribution in [3.63, 3.8) is 0 Å². The van der Waals surface area contributed by atoms with Gasteiger partial charge < -0.3 is 16.2 Å². The van der Waals surface area contributed by atoms with E-state index < -0.39 is 5.60 Å². The van der Waals surface area contributed by atoms with Gasteiger partial charge >= 0.3 is 0 Å². The van der Waals surface area contributed by atoms with Crippen molar-refractivity contribution in [2.75, 3.05) is 17.6 Å². The highest BCUT2D eigenvalue weighted by atomic mass is 35.5. The van der Waals surface area contributed by atoms with E-state index in [0.29, 0.717) is 18.8 Å². The molecule has 0 aromatic carbocycles. The zero-order chi connectivity index (χ0) is 12.2. The number of nitrogens with zero attached hydrogens (tertiary/aromatic N) is 2. The van der Waals surface area contributed by atoms with E-state index in [1.165, 1.54) is 6.33 Å². The Morgan fingerprint density at radius 3 is 2.88 bits per heavy atom. The van der Waals surface area contributed by atoms with E-state index in [1.807, 2.05) is 6.92 Å². The van der Waals surface area contributed by atoms with Crippen molar-refractivity contribution in [2.24, 2.45) is 0 Å². The largest absolute Gasteiger partial charge is 0.388 e. The van der Waals surface area contributed by atoms with Crippen molar-refractivity contribution in [3.05, 3.63) is 11.3 Å². The Bertz CT molecular complexity index is 357. The lowest BCUT2D eigenvalue weighted by Crippen LogP contribution is -2.33. The third-order valence-electron chi connectivity index (χ3n) is 2.24. The van der Waals surface area contributed by atoms with Gasteiger partial charge in [0.25, 0.3) is 0 Å². The van der Waals surface area contributed by atoms with E-state index in [1.54, 1.807) is 6.92 Å². The number of hydrogen-bond donors (Lipinski definition) is 3. The van der Waals surface area contributed by atoms with Crippen molar-refractivity contribution >= 4 is 23.2 Å². The second-order valence-electron chi connectivity index (χ2n) is 4.02. The van der Waals surface area contributed by atoms with Crippen LogP contribution in [0.15, 0.2) is 6.33 Å². The maximum absolute atomic E-state index is 9.96. The van der Waals surface area contributed by atoms with Gasteiger partial charge in [0, 0.05) is 6.54 Å². The van der Waals surface area contributed by atoms with E-state index in [9.17, 15) is 5.11 Å². The minimum absolute atomic E-state index is 0.231. The molecule has 0 spiro atoms. The van der Waals surface area contributed by atoms with Gasteiger partial charge in [-0.15, -0.1) is 0 Å². The van der Waals surface area contributed by atoms with Crippen LogP contribution in [0, 0.1) is 0 Å². The monoisotopic (exact) mass is 244 g/mol. The van der Waals surface area contributed by atoms with Crippen molar-refractivity contribution < 1.29 is 5.11 Å². The van der Waals surface area contributed by atoms with Gasteiger partial charge in [-0.3, -0.25) is 0 Å². The first-order valence-corrected chi connectivity index (χ1v) is 5.56. The van der Waals surface area contributed by atoms with Crippen LogP contribution in [0.2, 0.25) is 5.02 Å². The Morgan fingerprint density at radius 2 is 2.25 bits per heavy atom. The minimum atomic E-state index is -0.780. The van der Waals surface area contributed by atoms with E-state index in [2.05, 4.69) is 15.3 Å². The van der Waals surface area contributed by atoms with Crippen LogP contribution in [-0.2, 0) is 0 Å². The molecule has 0 saturated carbocycles. The molecule has 0 saturated heterocycles. The minimum Gasteiger partial charge on any atom is -0.388 e. The summed E-state index contributed by atoms with van der Waals surface area (Å²) in [4.78, 5) is 7.71. The highest BCUT2D eigenvalue weighted by Crippen LogP contribution is 2.24. The number of nitrogens with two attached hydrogens (primary N) is 1. The summed E-state index contributed by atoms with van der Waals surface area (Å²) in [5.74, 6) is 0.680. The number of nitrogen functional groups attached to an aromatic ring is 1. The van der Waals surface area contributed by atoms with Crippen LogP contribution in [0.5, 0.6) is 0 Å². The molecule has 0 fully saturated rings. The molecule has 90 valence electrons. The van der Waals surface area contributed by atoms with Crippen molar-refractivity contribution in [3.8, 4) is 0 Å². The van der Waals surface area contributed by atoms with Gasteiger partial charge in [0.05, 0.1) is 5.60 Å². The summed E-state index contributed by atoms with van der Waals surface area (Å²) in [5.41, 5.74) is 4.75. The summed E-state index contributed by atoms with van der Waals surface area (Å²) in [6, 6.07) is 0. The quantitative estimate of drug-likeness (QED) is 0.734. The number of rotatable bonds is 5. The van der Waals surface area contributed by atoms with Gasteiger partial charge in [0.1, 0.15) is 17.2 Å². The Morgan fingerprint density at radius 1 is 1.56 bits per heavy atom. The topological polar surface area (TPSA) is 84.1 Å². The first-order valence-electron chi connectivity index (χ1n) is 5.18. The van der Waals surface area contributed by atoms with Crippen LogP contribution in [0.3, 0.4) is 0 Å². The van der Waals surface area contributed by atoms with Crippen molar-refractivity contribution in [2.45, 2.75) is 32.3 Å². The third-order valence-corrected chi connectivity index (χ3v) is 2.61. The number of hydrogen-bond acceptors (Lipinski definition) is 5. The smallest absolute Gasteiger partial charge is 0.150 e. The van der Waals surface area contributed by atoms with Gasteiger partial charge in [-0.25, -0.2) is 9.97 Å². The van der Waals surface area contributed by atoms with E-state index in [4.69, 9.17) is 17.3 Å². The first-order chi connectivity index (χ1) is 7.46. The normalized spacial score (nSPS) is 14.5. The number of halogens is 1. The average molecular weight is 245 g/mol. The Kier molecular flexibility index (Phi) is 4.32. The summed E-state index contributed by atoms with van der Waals surface area (Å²) < 4.78 is 0. The van der Waals surface area contributed by atoms with Crippen LogP contribution in [-0.4, -0.2) is 27.2 Å². The fourth-order valence-electron chi connectivity index (χ4n) is 1.41. The number of aromatic nitrogens is 2. The lowest BCUT2D eigenvalue weighted by Gasteiger charge is -2.23. The number of nitrogens with one attached hydrogen (secondary N) is 1. The fraction of sp³-hybridized carbons (Fsp3) is 0.600. The van der Waals surface area contributed by atoms with Crippen LogP contribution in [0.25, 0.3) is 0 Å². The molecule has 5 nitrogen and oxygen atoms in total. The number of anilines is 2. The molecule has 1 unspecified atom stereocenters. The molecule has 1 heterocycles. The second-order valence-corrected chi connectivity index (χ2v) is 4.40. The molecule has 0 aliphatic carbocycles. The average Bonchev–Trinajstić information content (AvgIpc) is 2.20. The molecule has 0 aliphatic rings. The van der Waals surface area contributed by atoms with Crippen LogP contribution >= 0.6 is 11.6 Å². The zero-order valence-electron chi connectivity index (χ0n) is 9.50. The molecular formula is C10H17ClN4O. The lowest BCUT2D eigenvalue weighted by atomic mass is 10.0. The molecule has 0 bridgehead atoms. The lowest BCUT2D eigenvalue weighted by molar-refractivity contribution is 0.0636. The van der Waals surface area contributed by atoms with Gasteiger partial charge in [0.15, 0.2) is 5.82 Å². The third kappa shape index (κ3) is 3.50. The van der Waals surface area contributed by atoms with E-state index >= 15 is 0 Å². The first kappa shape index (κ1) is 13.0. The Labute approximate surface area is 100 Å². The van der Waals surface area contributed by atoms with Gasteiger partial charge in [0.2, 0.25) is 0 Å². The SMILES string of the molecule is CCCC(C)(O)CNc1ncnc(N)c1Cl. The Hall–Kier alpha value is -1.07. The predicted octanol–water partition coefficient (Wildman–Crippen LogP) is 1.68. The second kappa shape index (κ2) is 5.32. The van der Waals surface area contributed by atoms with Gasteiger partial charge in [-0.2, -0.15) is 0 Å². The molecule has 6 heteroatoms. The molecule has 4 N–H and O–H groups in total. The summed E-state index contributed by atoms with van der Waals surface area (Å²) in [7, 11) is 0. The van der Waals surface area contributed by atoms with E-state index in [-0.39, 0.29) is 10.8 Å². The fourth-order valence-corrected chi connectivity index (χ4v) is 1.57. The molecule has 1 atom stereocenters. The molecule has 0 amide bonds. The molecule has 0 aliphatic heterocycles. The standard InChI is InChI=1S/C10H17ClN4O/c1-3-4-10(2,16)5-13-9-7(11)8(12)14-6-15-9/h6,16H,3-5H2,1-2H3,(H3,12,13,14,15). The zero-order valence-corrected chi connectivity index (χ0v) is 10.3. The van der Waals surface area contributed by atoms with Crippen molar-refractivity contribution in [1.82, 2.24) is 9.97 Å². The highest BCUT2D eigenvalue weighted by molar-refractivity contribution is 6.35. The van der Waals surface area contributed by atoms with Gasteiger partial charge in [-0.1, -0.05) is 24.9 Å². The van der Waals surface area contributed by atoms with Crippen LogP contribution < -0.4 is 11.1 Å². The highest BCUT2D eigenvalue weighted by Gasteiger charge is 2.19. The van der Waals surface area contributed by atoms with Crippen LogP contribution in [0.4, 0.5) is 11.6 Å². The molecule has 1 rings (SSSR count). The van der Waals surface area contributed by atoms with Gasteiger partial charge in [-0.05, 0) is 13.3 Å². The molecule has 16 heavy (non-hydrogen) atoms. The molecule has 1 aromatic heterocycles. The van der Waals surface area contributed by atoms with Crippen molar-refractivity contribution in [1.29, 1.82) is 0 Å².